The van der Waals surface area contributed by atoms with Crippen molar-refractivity contribution in [2.75, 3.05) is 6.54 Å². The molecule has 0 fully saturated rings. The highest BCUT2D eigenvalue weighted by Gasteiger charge is 2.27. The molecular formula is C20H21BrN2O. The van der Waals surface area contributed by atoms with E-state index >= 15 is 0 Å². The first kappa shape index (κ1) is 16.8. The normalized spacial score (nSPS) is 11.7. The van der Waals surface area contributed by atoms with Crippen molar-refractivity contribution in [2.24, 2.45) is 0 Å². The van der Waals surface area contributed by atoms with E-state index in [0.717, 1.165) is 15.7 Å². The minimum atomic E-state index is -0.180. The predicted octanol–water partition coefficient (Wildman–Crippen LogP) is 4.95. The lowest BCUT2D eigenvalue weighted by Gasteiger charge is -2.26. The molecule has 2 N–H and O–H groups in total. The van der Waals surface area contributed by atoms with Gasteiger partial charge in [-0.1, -0.05) is 44.2 Å². The molecule has 2 aromatic carbocycles. The van der Waals surface area contributed by atoms with Gasteiger partial charge in [0.15, 0.2) is 0 Å². The summed E-state index contributed by atoms with van der Waals surface area (Å²) in [7, 11) is 0. The lowest BCUT2D eigenvalue weighted by atomic mass is 9.82. The average Bonchev–Trinajstić information content (AvgIpc) is 2.89. The van der Waals surface area contributed by atoms with Gasteiger partial charge in [0.1, 0.15) is 0 Å². The van der Waals surface area contributed by atoms with Gasteiger partial charge in [0.2, 0.25) is 0 Å². The van der Waals surface area contributed by atoms with Crippen LogP contribution in [0.3, 0.4) is 0 Å². The van der Waals surface area contributed by atoms with E-state index in [9.17, 15) is 4.79 Å². The smallest absolute Gasteiger partial charge is 0.252 e. The number of aryl methyl sites for hydroxylation is 1. The van der Waals surface area contributed by atoms with Crippen LogP contribution in [0.25, 0.3) is 10.9 Å². The molecule has 3 nitrogen and oxygen atoms in total. The van der Waals surface area contributed by atoms with E-state index in [1.807, 2.05) is 30.3 Å². The minimum Gasteiger partial charge on any atom is -0.358 e. The molecule has 1 heterocycles. The van der Waals surface area contributed by atoms with Crippen LogP contribution in [0.1, 0.15) is 35.5 Å². The highest BCUT2D eigenvalue weighted by atomic mass is 79.9. The maximum absolute atomic E-state index is 12.5. The Morgan fingerprint density at radius 2 is 1.79 bits per heavy atom. The zero-order valence-corrected chi connectivity index (χ0v) is 15.7. The number of nitrogens with one attached hydrogen (secondary N) is 2. The van der Waals surface area contributed by atoms with Crippen LogP contribution in [-0.2, 0) is 5.41 Å². The molecule has 3 aromatic rings. The fraction of sp³-hybridized carbons (Fsp3) is 0.250. The van der Waals surface area contributed by atoms with Gasteiger partial charge < -0.3 is 10.3 Å². The Labute approximate surface area is 150 Å². The minimum absolute atomic E-state index is 0.0620. The molecule has 3 rings (SSSR count). The lowest BCUT2D eigenvalue weighted by molar-refractivity contribution is 0.0945. The molecule has 0 spiro atoms. The van der Waals surface area contributed by atoms with Crippen molar-refractivity contribution in [1.29, 1.82) is 0 Å². The third kappa shape index (κ3) is 3.11. The third-order valence-corrected chi connectivity index (χ3v) is 5.07. The Morgan fingerprint density at radius 1 is 1.12 bits per heavy atom. The zero-order valence-electron chi connectivity index (χ0n) is 14.1. The summed E-state index contributed by atoms with van der Waals surface area (Å²) in [5.74, 6) is -0.0620. The van der Waals surface area contributed by atoms with Crippen LogP contribution in [0.5, 0.6) is 0 Å². The Balaban J connectivity index is 1.85. The monoisotopic (exact) mass is 384 g/mol. The summed E-state index contributed by atoms with van der Waals surface area (Å²) in [6, 6.07) is 15.8. The Bertz CT molecular complexity index is 896. The first-order chi connectivity index (χ1) is 11.4. The molecule has 0 radical (unpaired) electrons. The second-order valence-electron chi connectivity index (χ2n) is 6.72. The fourth-order valence-electron chi connectivity index (χ4n) is 3.28. The average molecular weight is 385 g/mol. The van der Waals surface area contributed by atoms with E-state index in [1.54, 1.807) is 0 Å². The SMILES string of the molecule is Cc1[nH]c2ccccc2c1C(C)(C)CNC(=O)c1ccccc1Br. The van der Waals surface area contributed by atoms with Crippen LogP contribution >= 0.6 is 15.9 Å². The van der Waals surface area contributed by atoms with Crippen molar-refractivity contribution in [3.63, 3.8) is 0 Å². The van der Waals surface area contributed by atoms with Crippen LogP contribution in [0.15, 0.2) is 53.0 Å². The molecule has 0 aliphatic heterocycles. The van der Waals surface area contributed by atoms with E-state index in [2.05, 4.69) is 65.2 Å². The van der Waals surface area contributed by atoms with Gasteiger partial charge in [-0.2, -0.15) is 0 Å². The van der Waals surface area contributed by atoms with Crippen LogP contribution < -0.4 is 5.32 Å². The van der Waals surface area contributed by atoms with Crippen LogP contribution in [0.4, 0.5) is 0 Å². The number of fused-ring (bicyclic) bond motifs is 1. The molecule has 4 heteroatoms. The molecule has 0 bridgehead atoms. The first-order valence-electron chi connectivity index (χ1n) is 8.00. The second-order valence-corrected chi connectivity index (χ2v) is 7.57. The number of aromatic amines is 1. The van der Waals surface area contributed by atoms with Crippen molar-refractivity contribution < 1.29 is 4.79 Å². The standard InChI is InChI=1S/C20H21BrN2O/c1-13-18(15-9-5-7-11-17(15)23-13)20(2,3)12-22-19(24)14-8-4-6-10-16(14)21/h4-11,23H,12H2,1-3H3,(H,22,24). The van der Waals surface area contributed by atoms with Gasteiger partial charge in [-0.05, 0) is 46.6 Å². The summed E-state index contributed by atoms with van der Waals surface area (Å²) in [6.45, 7) is 6.98. The molecule has 124 valence electrons. The van der Waals surface area contributed by atoms with E-state index in [1.165, 1.54) is 10.9 Å². The molecular weight excluding hydrogens is 364 g/mol. The topological polar surface area (TPSA) is 44.9 Å². The number of aromatic nitrogens is 1. The van der Waals surface area contributed by atoms with E-state index in [4.69, 9.17) is 0 Å². The van der Waals surface area contributed by atoms with Crippen molar-refractivity contribution in [3.8, 4) is 0 Å². The number of hydrogen-bond donors (Lipinski definition) is 2. The number of H-pyrrole nitrogens is 1. The van der Waals surface area contributed by atoms with E-state index in [0.29, 0.717) is 12.1 Å². The van der Waals surface area contributed by atoms with Gasteiger partial charge in [-0.3, -0.25) is 4.79 Å². The Morgan fingerprint density at radius 3 is 2.54 bits per heavy atom. The predicted molar refractivity (Wildman–Crippen MR) is 103 cm³/mol. The highest BCUT2D eigenvalue weighted by Crippen LogP contribution is 2.33. The van der Waals surface area contributed by atoms with Crippen molar-refractivity contribution in [2.45, 2.75) is 26.2 Å². The van der Waals surface area contributed by atoms with E-state index in [-0.39, 0.29) is 11.3 Å². The molecule has 24 heavy (non-hydrogen) atoms. The van der Waals surface area contributed by atoms with Gasteiger partial charge >= 0.3 is 0 Å². The fourth-order valence-corrected chi connectivity index (χ4v) is 3.74. The van der Waals surface area contributed by atoms with Crippen molar-refractivity contribution >= 4 is 32.7 Å². The number of halogens is 1. The maximum Gasteiger partial charge on any atom is 0.252 e. The molecule has 0 unspecified atom stereocenters. The molecule has 0 saturated carbocycles. The van der Waals surface area contributed by atoms with Gasteiger partial charge in [0.05, 0.1) is 5.56 Å². The summed E-state index contributed by atoms with van der Waals surface area (Å²) < 4.78 is 0.809. The van der Waals surface area contributed by atoms with Crippen LogP contribution in [0, 0.1) is 6.92 Å². The van der Waals surface area contributed by atoms with Gasteiger partial charge in [0, 0.05) is 33.0 Å². The quantitative estimate of drug-likeness (QED) is 0.656. The second kappa shape index (κ2) is 6.44. The number of para-hydroxylation sites is 1. The number of carbonyl (C=O) groups is 1. The van der Waals surface area contributed by atoms with Gasteiger partial charge in [-0.25, -0.2) is 0 Å². The summed E-state index contributed by atoms with van der Waals surface area (Å²) >= 11 is 3.43. The molecule has 1 aromatic heterocycles. The molecule has 0 aliphatic carbocycles. The van der Waals surface area contributed by atoms with Crippen molar-refractivity contribution in [1.82, 2.24) is 10.3 Å². The Kier molecular flexibility index (Phi) is 4.50. The Hall–Kier alpha value is -2.07. The van der Waals surface area contributed by atoms with Crippen molar-refractivity contribution in [3.05, 3.63) is 69.8 Å². The molecule has 0 aliphatic rings. The first-order valence-corrected chi connectivity index (χ1v) is 8.80. The number of benzene rings is 2. The summed E-state index contributed by atoms with van der Waals surface area (Å²) in [4.78, 5) is 15.9. The summed E-state index contributed by atoms with van der Waals surface area (Å²) in [6.07, 6.45) is 0. The maximum atomic E-state index is 12.5. The molecule has 1 amide bonds. The number of hydrogen-bond acceptors (Lipinski definition) is 1. The summed E-state index contributed by atoms with van der Waals surface area (Å²) in [5.41, 5.74) is 4.02. The lowest BCUT2D eigenvalue weighted by Crippen LogP contribution is -2.37. The van der Waals surface area contributed by atoms with Crippen LogP contribution in [-0.4, -0.2) is 17.4 Å². The third-order valence-electron chi connectivity index (χ3n) is 4.38. The number of rotatable bonds is 4. The van der Waals surface area contributed by atoms with Crippen LogP contribution in [0.2, 0.25) is 0 Å². The zero-order chi connectivity index (χ0) is 17.3. The van der Waals surface area contributed by atoms with E-state index < -0.39 is 0 Å². The molecule has 0 atom stereocenters. The number of carbonyl (C=O) groups excluding carboxylic acids is 1. The largest absolute Gasteiger partial charge is 0.358 e. The molecule has 0 saturated heterocycles. The van der Waals surface area contributed by atoms with Gasteiger partial charge in [0.25, 0.3) is 5.91 Å². The van der Waals surface area contributed by atoms with Gasteiger partial charge in [-0.15, -0.1) is 0 Å². The number of amides is 1. The summed E-state index contributed by atoms with van der Waals surface area (Å²) in [5, 5.41) is 4.30. The highest BCUT2D eigenvalue weighted by molar-refractivity contribution is 9.10.